The molecule has 0 aromatic heterocycles. The summed E-state index contributed by atoms with van der Waals surface area (Å²) in [5.41, 5.74) is 2.33. The Morgan fingerprint density at radius 1 is 0.964 bits per heavy atom. The molecule has 6 atom stereocenters. The number of hydrogen-bond donors (Lipinski definition) is 0. The first-order chi connectivity index (χ1) is 13.5. The SMILES string of the molecule is CCCCCCCC[C@H]1CC2C3CCC(=O)C3(C)CCC2C2(C)CCCC=C12. The number of fused-ring (bicyclic) bond motifs is 5. The normalized spacial score (nSPS) is 42.5. The van der Waals surface area contributed by atoms with E-state index in [9.17, 15) is 4.79 Å². The average molecular weight is 385 g/mol. The van der Waals surface area contributed by atoms with Crippen molar-refractivity contribution in [3.8, 4) is 0 Å². The largest absolute Gasteiger partial charge is 0.299 e. The van der Waals surface area contributed by atoms with E-state index in [1.807, 2.05) is 5.57 Å². The highest BCUT2D eigenvalue weighted by Crippen LogP contribution is 2.66. The van der Waals surface area contributed by atoms with Gasteiger partial charge in [-0.05, 0) is 80.5 Å². The van der Waals surface area contributed by atoms with E-state index in [2.05, 4.69) is 26.8 Å². The van der Waals surface area contributed by atoms with E-state index < -0.39 is 0 Å². The van der Waals surface area contributed by atoms with Crippen LogP contribution in [0.5, 0.6) is 0 Å². The third-order valence-corrected chi connectivity index (χ3v) is 9.79. The van der Waals surface area contributed by atoms with Crippen LogP contribution in [0.2, 0.25) is 0 Å². The van der Waals surface area contributed by atoms with Crippen LogP contribution in [0.25, 0.3) is 0 Å². The molecule has 0 aliphatic heterocycles. The van der Waals surface area contributed by atoms with Crippen LogP contribution in [-0.4, -0.2) is 5.78 Å². The minimum atomic E-state index is 0.0259. The van der Waals surface area contributed by atoms with Crippen molar-refractivity contribution in [2.75, 3.05) is 0 Å². The zero-order valence-electron chi connectivity index (χ0n) is 18.9. The van der Waals surface area contributed by atoms with Crippen molar-refractivity contribution in [2.45, 2.75) is 117 Å². The Morgan fingerprint density at radius 3 is 2.54 bits per heavy atom. The molecule has 0 bridgehead atoms. The third-order valence-electron chi connectivity index (χ3n) is 9.79. The van der Waals surface area contributed by atoms with Crippen LogP contribution >= 0.6 is 0 Å². The number of rotatable bonds is 7. The fourth-order valence-corrected chi connectivity index (χ4v) is 8.22. The summed E-state index contributed by atoms with van der Waals surface area (Å²) in [4.78, 5) is 12.7. The van der Waals surface area contributed by atoms with Gasteiger partial charge in [0, 0.05) is 11.8 Å². The molecule has 0 amide bonds. The highest BCUT2D eigenvalue weighted by atomic mass is 16.1. The Morgan fingerprint density at radius 2 is 1.71 bits per heavy atom. The van der Waals surface area contributed by atoms with Crippen LogP contribution in [0.15, 0.2) is 11.6 Å². The van der Waals surface area contributed by atoms with Gasteiger partial charge in [0.15, 0.2) is 0 Å². The Hall–Kier alpha value is -0.590. The number of unbranched alkanes of at least 4 members (excludes halogenated alkanes) is 5. The quantitative estimate of drug-likeness (QED) is 0.322. The van der Waals surface area contributed by atoms with Crippen LogP contribution in [0, 0.1) is 34.5 Å². The van der Waals surface area contributed by atoms with Gasteiger partial charge in [-0.3, -0.25) is 4.79 Å². The van der Waals surface area contributed by atoms with Gasteiger partial charge in [0.05, 0.1) is 0 Å². The first-order valence-electron chi connectivity index (χ1n) is 12.7. The van der Waals surface area contributed by atoms with E-state index in [0.717, 1.165) is 24.2 Å². The molecule has 28 heavy (non-hydrogen) atoms. The van der Waals surface area contributed by atoms with Crippen LogP contribution in [0.4, 0.5) is 0 Å². The molecular formula is C27H44O. The molecule has 0 aromatic carbocycles. The third kappa shape index (κ3) is 3.43. The molecule has 0 N–H and O–H groups in total. The standard InChI is InChI=1S/C27H44O/c1-4-5-6-7-8-9-12-20-19-21-23-14-15-25(28)27(23,3)18-16-24(21)26(2)17-11-10-13-22(20)26/h13,20-21,23-24H,4-12,14-19H2,1-3H3/t20-,21?,23?,24?,26?,27?/m0/s1. The van der Waals surface area contributed by atoms with E-state index in [-0.39, 0.29) is 5.41 Å². The predicted molar refractivity (Wildman–Crippen MR) is 118 cm³/mol. The molecule has 0 aromatic rings. The van der Waals surface area contributed by atoms with Crippen molar-refractivity contribution in [2.24, 2.45) is 34.5 Å². The van der Waals surface area contributed by atoms with Gasteiger partial charge in [0.2, 0.25) is 0 Å². The van der Waals surface area contributed by atoms with E-state index >= 15 is 0 Å². The van der Waals surface area contributed by atoms with Crippen LogP contribution in [-0.2, 0) is 4.79 Å². The first kappa shape index (κ1) is 20.7. The van der Waals surface area contributed by atoms with E-state index in [1.54, 1.807) is 0 Å². The second-order valence-electron chi connectivity index (χ2n) is 11.3. The smallest absolute Gasteiger partial charge is 0.139 e. The monoisotopic (exact) mass is 384 g/mol. The number of Topliss-reactive ketones (excluding diaryl/α,β-unsaturated/α-hetero) is 1. The number of carbonyl (C=O) groups excluding carboxylic acids is 1. The Bertz CT molecular complexity index is 603. The molecule has 0 radical (unpaired) electrons. The maximum absolute atomic E-state index is 12.7. The molecule has 3 fully saturated rings. The lowest BCUT2D eigenvalue weighted by molar-refractivity contribution is -0.133. The summed E-state index contributed by atoms with van der Waals surface area (Å²) in [5, 5.41) is 0. The van der Waals surface area contributed by atoms with Crippen molar-refractivity contribution in [3.05, 3.63) is 11.6 Å². The van der Waals surface area contributed by atoms with Crippen LogP contribution < -0.4 is 0 Å². The van der Waals surface area contributed by atoms with Gasteiger partial charge < -0.3 is 0 Å². The van der Waals surface area contributed by atoms with Crippen molar-refractivity contribution in [3.63, 3.8) is 0 Å². The number of ketones is 1. The molecule has 0 saturated heterocycles. The van der Waals surface area contributed by atoms with Crippen LogP contribution in [0.1, 0.15) is 117 Å². The van der Waals surface area contributed by atoms with E-state index in [1.165, 1.54) is 89.9 Å². The Kier molecular flexibility index (Phi) is 6.11. The lowest BCUT2D eigenvalue weighted by Gasteiger charge is -2.59. The van der Waals surface area contributed by atoms with Crippen molar-refractivity contribution < 1.29 is 4.79 Å². The lowest BCUT2D eigenvalue weighted by atomic mass is 9.45. The maximum Gasteiger partial charge on any atom is 0.139 e. The van der Waals surface area contributed by atoms with Gasteiger partial charge in [0.25, 0.3) is 0 Å². The molecular weight excluding hydrogens is 340 g/mol. The topological polar surface area (TPSA) is 17.1 Å². The average Bonchev–Trinajstić information content (AvgIpc) is 2.99. The summed E-state index contributed by atoms with van der Waals surface area (Å²) in [7, 11) is 0. The van der Waals surface area contributed by atoms with Gasteiger partial charge in [0.1, 0.15) is 5.78 Å². The van der Waals surface area contributed by atoms with Crippen molar-refractivity contribution in [1.29, 1.82) is 0 Å². The van der Waals surface area contributed by atoms with Crippen molar-refractivity contribution >= 4 is 5.78 Å². The molecule has 5 unspecified atom stereocenters. The molecule has 1 nitrogen and oxygen atoms in total. The summed E-state index contributed by atoms with van der Waals surface area (Å²) in [5.74, 6) is 3.76. The van der Waals surface area contributed by atoms with Gasteiger partial charge in [-0.25, -0.2) is 0 Å². The molecule has 0 spiro atoms. The summed E-state index contributed by atoms with van der Waals surface area (Å²) in [6.07, 6.45) is 22.6. The summed E-state index contributed by atoms with van der Waals surface area (Å²) in [6, 6.07) is 0. The Balaban J connectivity index is 1.50. The molecule has 4 rings (SSSR count). The lowest BCUT2D eigenvalue weighted by Crippen LogP contribution is -2.52. The highest BCUT2D eigenvalue weighted by Gasteiger charge is 2.59. The summed E-state index contributed by atoms with van der Waals surface area (Å²) in [6.45, 7) is 7.27. The maximum atomic E-state index is 12.7. The van der Waals surface area contributed by atoms with Gasteiger partial charge in [-0.15, -0.1) is 0 Å². The van der Waals surface area contributed by atoms with Crippen molar-refractivity contribution in [1.82, 2.24) is 0 Å². The first-order valence-corrected chi connectivity index (χ1v) is 12.7. The highest BCUT2D eigenvalue weighted by molar-refractivity contribution is 5.87. The van der Waals surface area contributed by atoms with Gasteiger partial charge in [-0.2, -0.15) is 0 Å². The zero-order chi connectivity index (χ0) is 19.8. The minimum absolute atomic E-state index is 0.0259. The molecule has 4 aliphatic carbocycles. The number of allylic oxidation sites excluding steroid dienone is 2. The summed E-state index contributed by atoms with van der Waals surface area (Å²) < 4.78 is 0. The second-order valence-corrected chi connectivity index (χ2v) is 11.3. The summed E-state index contributed by atoms with van der Waals surface area (Å²) >= 11 is 0. The predicted octanol–water partition coefficient (Wildman–Crippen LogP) is 7.89. The fourth-order valence-electron chi connectivity index (χ4n) is 8.22. The molecule has 3 saturated carbocycles. The second kappa shape index (κ2) is 8.27. The van der Waals surface area contributed by atoms with E-state index in [4.69, 9.17) is 0 Å². The van der Waals surface area contributed by atoms with Gasteiger partial charge >= 0.3 is 0 Å². The fraction of sp³-hybridized carbons (Fsp3) is 0.889. The minimum Gasteiger partial charge on any atom is -0.299 e. The molecule has 1 heteroatoms. The number of hydrogen-bond acceptors (Lipinski definition) is 1. The van der Waals surface area contributed by atoms with E-state index in [0.29, 0.717) is 17.1 Å². The molecule has 4 aliphatic rings. The van der Waals surface area contributed by atoms with Crippen LogP contribution in [0.3, 0.4) is 0 Å². The van der Waals surface area contributed by atoms with Gasteiger partial charge in [-0.1, -0.05) is 70.9 Å². The molecule has 0 heterocycles. The number of carbonyl (C=O) groups is 1. The molecule has 158 valence electrons. The Labute approximate surface area is 174 Å². The zero-order valence-corrected chi connectivity index (χ0v) is 18.9.